The van der Waals surface area contributed by atoms with Crippen molar-refractivity contribution in [2.75, 3.05) is 18.8 Å². The molecule has 1 N–H and O–H groups in total. The SMILES string of the molecule is CC(C)(CCS(=O)(=O)N1CC(C(=O)O)OC2(CCC2)C1)C1CC1. The van der Waals surface area contributed by atoms with Gasteiger partial charge in [-0.1, -0.05) is 13.8 Å². The average molecular weight is 345 g/mol. The first kappa shape index (κ1) is 17.2. The lowest BCUT2D eigenvalue weighted by atomic mass is 9.79. The van der Waals surface area contributed by atoms with Crippen molar-refractivity contribution in [2.45, 2.75) is 64.1 Å². The van der Waals surface area contributed by atoms with Crippen LogP contribution in [0.4, 0.5) is 0 Å². The number of carboxylic acids is 1. The molecule has 0 aromatic carbocycles. The van der Waals surface area contributed by atoms with Gasteiger partial charge in [0.25, 0.3) is 0 Å². The quantitative estimate of drug-likeness (QED) is 0.794. The normalized spacial score (nSPS) is 28.5. The molecule has 0 bridgehead atoms. The number of sulfonamides is 1. The van der Waals surface area contributed by atoms with Gasteiger partial charge in [0.15, 0.2) is 6.10 Å². The standard InChI is InChI=1S/C16H27NO5S/c1-15(2,12-4-5-12)8-9-23(20,21)17-10-13(14(18)19)22-16(11-17)6-3-7-16/h12-13H,3-11H2,1-2H3,(H,18,19). The highest BCUT2D eigenvalue weighted by Crippen LogP contribution is 2.47. The monoisotopic (exact) mass is 345 g/mol. The summed E-state index contributed by atoms with van der Waals surface area (Å²) in [5, 5.41) is 9.27. The summed E-state index contributed by atoms with van der Waals surface area (Å²) in [5.41, 5.74) is -0.528. The molecule has 3 aliphatic rings. The Bertz CT molecular complexity index is 577. The molecule has 23 heavy (non-hydrogen) atoms. The number of carboxylic acid groups (broad SMARTS) is 1. The number of rotatable bonds is 6. The Labute approximate surface area is 138 Å². The fraction of sp³-hybridized carbons (Fsp3) is 0.938. The van der Waals surface area contributed by atoms with E-state index >= 15 is 0 Å². The molecule has 2 aliphatic carbocycles. The van der Waals surface area contributed by atoms with Crippen molar-refractivity contribution in [3.05, 3.63) is 0 Å². The molecule has 3 rings (SSSR count). The molecule has 1 saturated heterocycles. The molecule has 0 aromatic heterocycles. The van der Waals surface area contributed by atoms with Crippen LogP contribution in [0.3, 0.4) is 0 Å². The molecule has 2 saturated carbocycles. The third kappa shape index (κ3) is 3.56. The van der Waals surface area contributed by atoms with Gasteiger partial charge in [0, 0.05) is 6.54 Å². The Morgan fingerprint density at radius 1 is 1.35 bits per heavy atom. The van der Waals surface area contributed by atoms with E-state index in [4.69, 9.17) is 4.74 Å². The van der Waals surface area contributed by atoms with Gasteiger partial charge in [-0.15, -0.1) is 0 Å². The molecule has 1 atom stereocenters. The summed E-state index contributed by atoms with van der Waals surface area (Å²) in [5.74, 6) is -0.347. The Morgan fingerprint density at radius 2 is 2.00 bits per heavy atom. The van der Waals surface area contributed by atoms with Crippen molar-refractivity contribution in [1.82, 2.24) is 4.31 Å². The predicted molar refractivity (Wildman–Crippen MR) is 85.6 cm³/mol. The van der Waals surface area contributed by atoms with Crippen molar-refractivity contribution in [2.24, 2.45) is 11.3 Å². The average Bonchev–Trinajstić information content (AvgIpc) is 3.28. The second-order valence-electron chi connectivity index (χ2n) is 8.10. The van der Waals surface area contributed by atoms with Gasteiger partial charge in [-0.05, 0) is 49.9 Å². The number of hydrogen-bond acceptors (Lipinski definition) is 4. The lowest BCUT2D eigenvalue weighted by Gasteiger charge is -2.49. The number of nitrogens with zero attached hydrogens (tertiary/aromatic N) is 1. The van der Waals surface area contributed by atoms with Crippen molar-refractivity contribution >= 4 is 16.0 Å². The summed E-state index contributed by atoms with van der Waals surface area (Å²) in [4.78, 5) is 11.3. The van der Waals surface area contributed by atoms with Gasteiger partial charge < -0.3 is 9.84 Å². The molecule has 1 unspecified atom stereocenters. The minimum atomic E-state index is -3.45. The summed E-state index contributed by atoms with van der Waals surface area (Å²) in [7, 11) is -3.45. The molecule has 6 nitrogen and oxygen atoms in total. The van der Waals surface area contributed by atoms with E-state index in [1.807, 2.05) is 0 Å². The fourth-order valence-electron chi connectivity index (χ4n) is 3.72. The van der Waals surface area contributed by atoms with Crippen LogP contribution in [0.5, 0.6) is 0 Å². The van der Waals surface area contributed by atoms with Crippen LogP contribution in [0.25, 0.3) is 0 Å². The van der Waals surface area contributed by atoms with Crippen LogP contribution in [0, 0.1) is 11.3 Å². The third-order valence-corrected chi connectivity index (χ3v) is 7.63. The molecule has 132 valence electrons. The van der Waals surface area contributed by atoms with Crippen LogP contribution >= 0.6 is 0 Å². The Hall–Kier alpha value is -0.660. The molecular weight excluding hydrogens is 318 g/mol. The molecule has 7 heteroatoms. The highest BCUT2D eigenvalue weighted by molar-refractivity contribution is 7.89. The van der Waals surface area contributed by atoms with Crippen LogP contribution in [0.15, 0.2) is 0 Å². The van der Waals surface area contributed by atoms with Crippen molar-refractivity contribution < 1.29 is 23.1 Å². The van der Waals surface area contributed by atoms with Gasteiger partial charge in [-0.25, -0.2) is 13.2 Å². The Morgan fingerprint density at radius 3 is 2.48 bits per heavy atom. The minimum Gasteiger partial charge on any atom is -0.479 e. The largest absolute Gasteiger partial charge is 0.479 e. The van der Waals surface area contributed by atoms with E-state index in [2.05, 4.69) is 13.8 Å². The lowest BCUT2D eigenvalue weighted by molar-refractivity contribution is -0.195. The second-order valence-corrected chi connectivity index (χ2v) is 10.2. The van der Waals surface area contributed by atoms with Gasteiger partial charge in [0.1, 0.15) is 0 Å². The van der Waals surface area contributed by atoms with Crippen molar-refractivity contribution in [3.63, 3.8) is 0 Å². The number of ether oxygens (including phenoxy) is 1. The highest BCUT2D eigenvalue weighted by Gasteiger charge is 2.50. The highest BCUT2D eigenvalue weighted by atomic mass is 32.2. The number of hydrogen-bond donors (Lipinski definition) is 1. The molecular formula is C16H27NO5S. The van der Waals surface area contributed by atoms with Gasteiger partial charge in [0.05, 0.1) is 17.9 Å². The molecule has 3 fully saturated rings. The third-order valence-electron chi connectivity index (χ3n) is 5.85. The van der Waals surface area contributed by atoms with Crippen LogP contribution in [-0.4, -0.2) is 54.3 Å². The number of aliphatic carboxylic acids is 1. The summed E-state index contributed by atoms with van der Waals surface area (Å²) in [6.07, 6.45) is 4.42. The van der Waals surface area contributed by atoms with E-state index in [1.54, 1.807) is 0 Å². The molecule has 0 radical (unpaired) electrons. The Kier molecular flexibility index (Phi) is 4.26. The van der Waals surface area contributed by atoms with Crippen LogP contribution in [0.2, 0.25) is 0 Å². The van der Waals surface area contributed by atoms with Crippen LogP contribution < -0.4 is 0 Å². The minimum absolute atomic E-state index is 0.0414. The summed E-state index contributed by atoms with van der Waals surface area (Å²) >= 11 is 0. The maximum atomic E-state index is 12.7. The van der Waals surface area contributed by atoms with E-state index in [1.165, 1.54) is 17.1 Å². The van der Waals surface area contributed by atoms with E-state index in [-0.39, 0.29) is 17.7 Å². The smallest absolute Gasteiger partial charge is 0.334 e. The van der Waals surface area contributed by atoms with E-state index in [9.17, 15) is 18.3 Å². The van der Waals surface area contributed by atoms with Gasteiger partial charge in [0.2, 0.25) is 10.0 Å². The zero-order valence-corrected chi connectivity index (χ0v) is 14.8. The second kappa shape index (κ2) is 5.70. The summed E-state index contributed by atoms with van der Waals surface area (Å²) in [6, 6.07) is 0. The maximum absolute atomic E-state index is 12.7. The topological polar surface area (TPSA) is 83.9 Å². The van der Waals surface area contributed by atoms with Gasteiger partial charge in [-0.2, -0.15) is 4.31 Å². The Balaban J connectivity index is 1.68. The molecule has 1 aliphatic heterocycles. The van der Waals surface area contributed by atoms with E-state index < -0.39 is 27.7 Å². The maximum Gasteiger partial charge on any atom is 0.334 e. The molecule has 0 aromatic rings. The van der Waals surface area contributed by atoms with Crippen molar-refractivity contribution in [3.8, 4) is 0 Å². The van der Waals surface area contributed by atoms with Gasteiger partial charge >= 0.3 is 5.97 Å². The summed E-state index contributed by atoms with van der Waals surface area (Å²) in [6.45, 7) is 4.51. The van der Waals surface area contributed by atoms with Crippen LogP contribution in [-0.2, 0) is 19.6 Å². The lowest BCUT2D eigenvalue weighted by Crippen LogP contribution is -2.62. The van der Waals surface area contributed by atoms with Crippen LogP contribution in [0.1, 0.15) is 52.4 Å². The zero-order valence-electron chi connectivity index (χ0n) is 14.0. The van der Waals surface area contributed by atoms with Crippen molar-refractivity contribution in [1.29, 1.82) is 0 Å². The van der Waals surface area contributed by atoms with E-state index in [0.717, 1.165) is 19.3 Å². The predicted octanol–water partition coefficient (Wildman–Crippen LogP) is 1.85. The molecule has 1 heterocycles. The first-order valence-electron chi connectivity index (χ1n) is 8.52. The first-order chi connectivity index (χ1) is 10.6. The molecule has 0 amide bonds. The summed E-state index contributed by atoms with van der Waals surface area (Å²) < 4.78 is 32.6. The fourth-order valence-corrected chi connectivity index (χ4v) is 5.56. The molecule has 1 spiro atoms. The number of morpholine rings is 1. The zero-order chi connectivity index (χ0) is 16.9. The number of carbonyl (C=O) groups is 1. The van der Waals surface area contributed by atoms with E-state index in [0.29, 0.717) is 18.9 Å². The first-order valence-corrected chi connectivity index (χ1v) is 10.1. The van der Waals surface area contributed by atoms with Gasteiger partial charge in [-0.3, -0.25) is 0 Å².